The summed E-state index contributed by atoms with van der Waals surface area (Å²) in [6, 6.07) is 0. The molecule has 0 aliphatic rings. The monoisotopic (exact) mass is 188 g/mol. The molecule has 0 bridgehead atoms. The maximum absolute atomic E-state index is 11.0. The van der Waals surface area contributed by atoms with Gasteiger partial charge in [-0.15, -0.1) is 0 Å². The van der Waals surface area contributed by atoms with Crippen LogP contribution >= 0.6 is 0 Å². The number of carbonyl (C=O) groups is 1. The highest BCUT2D eigenvalue weighted by Gasteiger charge is 2.19. The predicted molar refractivity (Wildman–Crippen MR) is 45.8 cm³/mol. The number of nitrogens with zero attached hydrogens (tertiary/aromatic N) is 1. The third kappa shape index (κ3) is 3.55. The number of hydrogen-bond acceptors (Lipinski definition) is 6. The van der Waals surface area contributed by atoms with E-state index in [1.165, 1.54) is 14.2 Å². The summed E-state index contributed by atoms with van der Waals surface area (Å²) in [5, 5.41) is 10.5. The minimum absolute atomic E-state index is 0.285. The molecule has 0 aliphatic carbocycles. The van der Waals surface area contributed by atoms with Crippen LogP contribution in [0.4, 0.5) is 0 Å². The van der Waals surface area contributed by atoms with E-state index in [9.17, 15) is 4.79 Å². The van der Waals surface area contributed by atoms with Gasteiger partial charge in [-0.3, -0.25) is 5.41 Å². The number of hydrogen-bond donors (Lipinski definition) is 1. The third-order valence-electron chi connectivity index (χ3n) is 1.08. The summed E-state index contributed by atoms with van der Waals surface area (Å²) in [6.07, 6.45) is 0. The lowest BCUT2D eigenvalue weighted by molar-refractivity contribution is -0.132. The molecular formula is C7H12N2O4. The van der Waals surface area contributed by atoms with Gasteiger partial charge in [0.2, 0.25) is 11.6 Å². The molecule has 0 aromatic carbocycles. The van der Waals surface area contributed by atoms with Crippen LogP contribution in [0.1, 0.15) is 6.92 Å². The fraction of sp³-hybridized carbons (Fsp3) is 0.571. The Bertz CT molecular complexity index is 207. The molecule has 13 heavy (non-hydrogen) atoms. The number of methoxy groups -OCH3 is 2. The van der Waals surface area contributed by atoms with Crippen LogP contribution in [-0.4, -0.2) is 38.4 Å². The topological polar surface area (TPSA) is 81.0 Å². The Morgan fingerprint density at radius 1 is 1.38 bits per heavy atom. The maximum atomic E-state index is 11.0. The third-order valence-corrected chi connectivity index (χ3v) is 1.08. The van der Waals surface area contributed by atoms with E-state index >= 15 is 0 Å². The minimum atomic E-state index is -0.764. The van der Waals surface area contributed by atoms with Crippen LogP contribution in [0.3, 0.4) is 0 Å². The van der Waals surface area contributed by atoms with Crippen molar-refractivity contribution in [2.24, 2.45) is 5.16 Å². The SMILES string of the molecule is CCO/N=C(\C(=N)OC)C(=O)OC. The zero-order valence-corrected chi connectivity index (χ0v) is 7.79. The Labute approximate surface area is 76.0 Å². The average molecular weight is 188 g/mol. The first-order chi connectivity index (χ1) is 6.17. The van der Waals surface area contributed by atoms with E-state index < -0.39 is 5.97 Å². The normalized spacial score (nSPS) is 10.5. The molecule has 0 atom stereocenters. The Morgan fingerprint density at radius 2 is 2.00 bits per heavy atom. The van der Waals surface area contributed by atoms with Crippen LogP contribution in [0.2, 0.25) is 0 Å². The van der Waals surface area contributed by atoms with E-state index in [4.69, 9.17) is 5.41 Å². The maximum Gasteiger partial charge on any atom is 0.365 e. The zero-order valence-electron chi connectivity index (χ0n) is 7.79. The largest absolute Gasteiger partial charge is 0.480 e. The molecule has 0 saturated heterocycles. The second-order valence-corrected chi connectivity index (χ2v) is 1.88. The quantitative estimate of drug-likeness (QED) is 0.295. The Balaban J connectivity index is 4.54. The van der Waals surface area contributed by atoms with E-state index in [1.54, 1.807) is 6.92 Å². The lowest BCUT2D eigenvalue weighted by Gasteiger charge is -2.03. The van der Waals surface area contributed by atoms with Gasteiger partial charge in [-0.2, -0.15) is 0 Å². The van der Waals surface area contributed by atoms with Gasteiger partial charge in [0.25, 0.3) is 0 Å². The number of esters is 1. The summed E-state index contributed by atoms with van der Waals surface area (Å²) in [5.41, 5.74) is -0.285. The van der Waals surface area contributed by atoms with Crippen molar-refractivity contribution < 1.29 is 19.1 Å². The highest BCUT2D eigenvalue weighted by atomic mass is 16.6. The van der Waals surface area contributed by atoms with Gasteiger partial charge in [0.05, 0.1) is 14.2 Å². The number of carbonyl (C=O) groups excluding carboxylic acids is 1. The first-order valence-corrected chi connectivity index (χ1v) is 3.58. The molecule has 0 amide bonds. The van der Waals surface area contributed by atoms with Crippen molar-refractivity contribution in [1.82, 2.24) is 0 Å². The van der Waals surface area contributed by atoms with Gasteiger partial charge in [-0.05, 0) is 6.92 Å². The lowest BCUT2D eigenvalue weighted by atomic mass is 10.4. The van der Waals surface area contributed by atoms with Crippen molar-refractivity contribution in [1.29, 1.82) is 5.41 Å². The summed E-state index contributed by atoms with van der Waals surface area (Å²) in [7, 11) is 2.44. The molecular weight excluding hydrogens is 176 g/mol. The van der Waals surface area contributed by atoms with E-state index in [1.807, 2.05) is 0 Å². The summed E-state index contributed by atoms with van der Waals surface area (Å²) in [4.78, 5) is 15.6. The van der Waals surface area contributed by atoms with Gasteiger partial charge < -0.3 is 14.3 Å². The number of nitrogens with one attached hydrogen (secondary N) is 1. The van der Waals surface area contributed by atoms with Crippen molar-refractivity contribution in [2.45, 2.75) is 6.92 Å². The first-order valence-electron chi connectivity index (χ1n) is 3.58. The molecule has 0 heterocycles. The highest BCUT2D eigenvalue weighted by molar-refractivity contribution is 6.63. The van der Waals surface area contributed by atoms with E-state index in [2.05, 4.69) is 19.5 Å². The lowest BCUT2D eigenvalue weighted by Crippen LogP contribution is -2.26. The van der Waals surface area contributed by atoms with Crippen molar-refractivity contribution in [2.75, 3.05) is 20.8 Å². The van der Waals surface area contributed by atoms with Crippen molar-refractivity contribution in [3.05, 3.63) is 0 Å². The summed E-state index contributed by atoms with van der Waals surface area (Å²) >= 11 is 0. The Hall–Kier alpha value is -1.59. The fourth-order valence-electron chi connectivity index (χ4n) is 0.494. The van der Waals surface area contributed by atoms with Crippen LogP contribution in [0, 0.1) is 5.41 Å². The summed E-state index contributed by atoms with van der Waals surface area (Å²) < 4.78 is 8.87. The number of oxime groups is 1. The molecule has 0 radical (unpaired) electrons. The number of rotatable bonds is 4. The predicted octanol–water partition coefficient (Wildman–Crippen LogP) is 0.176. The van der Waals surface area contributed by atoms with Gasteiger partial charge >= 0.3 is 5.97 Å². The molecule has 6 nitrogen and oxygen atoms in total. The van der Waals surface area contributed by atoms with Crippen LogP contribution in [0.5, 0.6) is 0 Å². The average Bonchev–Trinajstić information content (AvgIpc) is 2.17. The molecule has 74 valence electrons. The molecule has 0 spiro atoms. The van der Waals surface area contributed by atoms with Crippen LogP contribution in [-0.2, 0) is 19.1 Å². The van der Waals surface area contributed by atoms with Crippen LogP contribution in [0.25, 0.3) is 0 Å². The summed E-state index contributed by atoms with van der Waals surface area (Å²) in [5.74, 6) is -1.15. The van der Waals surface area contributed by atoms with Crippen molar-refractivity contribution in [3.63, 3.8) is 0 Å². The van der Waals surface area contributed by atoms with E-state index in [0.717, 1.165) is 0 Å². The van der Waals surface area contributed by atoms with Crippen molar-refractivity contribution >= 4 is 17.6 Å². The van der Waals surface area contributed by atoms with Gasteiger partial charge in [-0.25, -0.2) is 4.79 Å². The smallest absolute Gasteiger partial charge is 0.365 e. The molecule has 0 aromatic heterocycles. The molecule has 0 rings (SSSR count). The molecule has 0 saturated carbocycles. The molecule has 0 unspecified atom stereocenters. The highest BCUT2D eigenvalue weighted by Crippen LogP contribution is 1.89. The standard InChI is InChI=1S/C7H12N2O4/c1-4-13-9-5(6(8)11-2)7(10)12-3/h8H,4H2,1-3H3/b8-6?,9-5+. The zero-order chi connectivity index (χ0) is 10.3. The Morgan fingerprint density at radius 3 is 2.38 bits per heavy atom. The van der Waals surface area contributed by atoms with E-state index in [-0.39, 0.29) is 11.6 Å². The minimum Gasteiger partial charge on any atom is -0.480 e. The van der Waals surface area contributed by atoms with Gasteiger partial charge in [0.1, 0.15) is 6.61 Å². The van der Waals surface area contributed by atoms with Crippen molar-refractivity contribution in [3.8, 4) is 0 Å². The second kappa shape index (κ2) is 5.99. The van der Waals surface area contributed by atoms with Gasteiger partial charge in [-0.1, -0.05) is 5.16 Å². The molecule has 6 heteroatoms. The van der Waals surface area contributed by atoms with Gasteiger partial charge in [0.15, 0.2) is 0 Å². The summed E-state index contributed by atoms with van der Waals surface area (Å²) in [6.45, 7) is 2.01. The van der Waals surface area contributed by atoms with Crippen LogP contribution < -0.4 is 0 Å². The molecule has 1 N–H and O–H groups in total. The number of ether oxygens (including phenoxy) is 2. The first kappa shape index (κ1) is 11.4. The Kier molecular flexibility index (Phi) is 5.25. The molecule has 0 fully saturated rings. The van der Waals surface area contributed by atoms with E-state index in [0.29, 0.717) is 6.61 Å². The molecule has 0 aromatic rings. The fourth-order valence-corrected chi connectivity index (χ4v) is 0.494. The molecule has 0 aliphatic heterocycles. The van der Waals surface area contributed by atoms with Gasteiger partial charge in [0, 0.05) is 0 Å². The van der Waals surface area contributed by atoms with Crippen LogP contribution in [0.15, 0.2) is 5.16 Å². The second-order valence-electron chi connectivity index (χ2n) is 1.88.